The van der Waals surface area contributed by atoms with Gasteiger partial charge in [0.25, 0.3) is 0 Å². The topological polar surface area (TPSA) is 91.2 Å². The fourth-order valence-corrected chi connectivity index (χ4v) is 4.71. The van der Waals surface area contributed by atoms with Crippen LogP contribution in [-0.2, 0) is 4.79 Å². The van der Waals surface area contributed by atoms with Gasteiger partial charge >= 0.3 is 0 Å². The molecule has 0 unspecified atom stereocenters. The molecular weight excluding hydrogens is 440 g/mol. The van der Waals surface area contributed by atoms with E-state index < -0.39 is 0 Å². The molecule has 1 fully saturated rings. The minimum atomic E-state index is 0.262. The number of hydrogen-bond donors (Lipinski definition) is 2. The number of hydrogen-bond acceptors (Lipinski definition) is 7. The third-order valence-corrected chi connectivity index (χ3v) is 6.48. The van der Waals surface area contributed by atoms with Crippen LogP contribution < -0.4 is 10.6 Å². The molecule has 1 saturated heterocycles. The summed E-state index contributed by atoms with van der Waals surface area (Å²) in [5.74, 6) is 1.56. The Hall–Kier alpha value is -3.20. The molecule has 2 N–H and O–H groups in total. The summed E-state index contributed by atoms with van der Waals surface area (Å²) in [6.07, 6.45) is 4.30. The van der Waals surface area contributed by atoms with Crippen LogP contribution in [0.25, 0.3) is 16.9 Å². The van der Waals surface area contributed by atoms with Crippen molar-refractivity contribution in [2.45, 2.75) is 59.0 Å². The summed E-state index contributed by atoms with van der Waals surface area (Å²) in [7, 11) is 0. The van der Waals surface area contributed by atoms with Gasteiger partial charge in [-0.25, -0.2) is 4.98 Å². The Morgan fingerprint density at radius 2 is 1.80 bits per heavy atom. The minimum Gasteiger partial charge on any atom is -0.367 e. The minimum absolute atomic E-state index is 0.262. The van der Waals surface area contributed by atoms with Crippen LogP contribution in [0.4, 0.5) is 11.8 Å². The van der Waals surface area contributed by atoms with Crippen molar-refractivity contribution >= 4 is 28.8 Å². The third-order valence-electron chi connectivity index (χ3n) is 6.48. The Balaban J connectivity index is 1.52. The lowest BCUT2D eigenvalue weighted by Gasteiger charge is -2.30. The number of imidazole rings is 1. The van der Waals surface area contributed by atoms with Crippen LogP contribution in [0.5, 0.6) is 0 Å². The zero-order chi connectivity index (χ0) is 24.8. The summed E-state index contributed by atoms with van der Waals surface area (Å²) in [4.78, 5) is 30.5. The summed E-state index contributed by atoms with van der Waals surface area (Å²) in [5, 5.41) is 6.88. The van der Waals surface area contributed by atoms with Crippen LogP contribution >= 0.6 is 0 Å². The maximum atomic E-state index is 11.9. The van der Waals surface area contributed by atoms with E-state index >= 15 is 0 Å². The van der Waals surface area contributed by atoms with E-state index in [-0.39, 0.29) is 5.91 Å². The second kappa shape index (κ2) is 11.5. The number of benzene rings is 1. The molecule has 188 valence electrons. The lowest BCUT2D eigenvalue weighted by molar-refractivity contribution is -0.127. The molecule has 3 aromatic rings. The fourth-order valence-electron chi connectivity index (χ4n) is 4.71. The molecule has 2 aromatic heterocycles. The fraction of sp³-hybridized carbons (Fsp3) is 0.538. The van der Waals surface area contributed by atoms with E-state index in [1.54, 1.807) is 6.33 Å². The third kappa shape index (κ3) is 6.08. The summed E-state index contributed by atoms with van der Waals surface area (Å²) < 4.78 is 1.99. The van der Waals surface area contributed by atoms with Gasteiger partial charge in [0.1, 0.15) is 6.33 Å². The smallest absolute Gasteiger partial charge is 0.226 e. The molecule has 0 saturated carbocycles. The van der Waals surface area contributed by atoms with Crippen molar-refractivity contribution in [2.75, 3.05) is 43.4 Å². The molecule has 0 bridgehead atoms. The zero-order valence-corrected chi connectivity index (χ0v) is 21.4. The normalized spacial score (nSPS) is 14.1. The number of rotatable bonds is 12. The van der Waals surface area contributed by atoms with Crippen LogP contribution in [0.1, 0.15) is 47.0 Å². The number of anilines is 2. The van der Waals surface area contributed by atoms with Gasteiger partial charge in [0.15, 0.2) is 17.0 Å². The van der Waals surface area contributed by atoms with Crippen molar-refractivity contribution in [3.05, 3.63) is 36.7 Å². The van der Waals surface area contributed by atoms with Crippen molar-refractivity contribution in [2.24, 2.45) is 0 Å². The number of para-hydroxylation sites is 1. The molecule has 0 radical (unpaired) electrons. The molecule has 35 heavy (non-hydrogen) atoms. The summed E-state index contributed by atoms with van der Waals surface area (Å²) in [6, 6.07) is 11.0. The van der Waals surface area contributed by atoms with Gasteiger partial charge in [-0.15, -0.1) is 0 Å². The summed E-state index contributed by atoms with van der Waals surface area (Å²) >= 11 is 0. The Morgan fingerprint density at radius 3 is 2.49 bits per heavy atom. The van der Waals surface area contributed by atoms with Gasteiger partial charge in [-0.3, -0.25) is 14.3 Å². The predicted octanol–water partition coefficient (Wildman–Crippen LogP) is 3.77. The van der Waals surface area contributed by atoms with E-state index in [0.717, 1.165) is 61.7 Å². The molecule has 3 heterocycles. The van der Waals surface area contributed by atoms with E-state index in [9.17, 15) is 4.79 Å². The van der Waals surface area contributed by atoms with E-state index in [4.69, 9.17) is 9.97 Å². The lowest BCUT2D eigenvalue weighted by Crippen LogP contribution is -2.40. The maximum absolute atomic E-state index is 11.9. The van der Waals surface area contributed by atoms with E-state index in [1.165, 1.54) is 0 Å². The van der Waals surface area contributed by atoms with E-state index in [0.29, 0.717) is 31.0 Å². The highest BCUT2D eigenvalue weighted by Crippen LogP contribution is 2.23. The number of nitrogens with one attached hydrogen (secondary N) is 2. The van der Waals surface area contributed by atoms with Gasteiger partial charge in [0, 0.05) is 56.9 Å². The molecule has 0 aliphatic carbocycles. The molecule has 9 nitrogen and oxygen atoms in total. The molecule has 9 heteroatoms. The van der Waals surface area contributed by atoms with E-state index in [1.807, 2.05) is 39.8 Å². The molecule has 4 rings (SSSR count). The number of aromatic nitrogens is 4. The van der Waals surface area contributed by atoms with Crippen molar-refractivity contribution < 1.29 is 4.79 Å². The molecule has 1 aliphatic rings. The first-order valence-corrected chi connectivity index (χ1v) is 12.8. The van der Waals surface area contributed by atoms with E-state index in [2.05, 4.69) is 48.2 Å². The Kier molecular flexibility index (Phi) is 8.17. The van der Waals surface area contributed by atoms with Crippen LogP contribution in [0.15, 0.2) is 36.7 Å². The molecular formula is C26H38N8O. The monoisotopic (exact) mass is 478 g/mol. The second-order valence-electron chi connectivity index (χ2n) is 9.63. The molecule has 1 amide bonds. The maximum Gasteiger partial charge on any atom is 0.226 e. The van der Waals surface area contributed by atoms with Gasteiger partial charge in [0.05, 0.1) is 0 Å². The first kappa shape index (κ1) is 24.9. The highest BCUT2D eigenvalue weighted by atomic mass is 16.2. The Bertz CT molecular complexity index is 1100. The standard InChI is InChI=1S/C26H38N8O/c1-19(2)33(20(3)4)17-14-27-24-23-25(34(18-29-23)21-10-6-5-7-11-21)31-26(30-24)28-13-9-16-32-15-8-12-22(32)35/h5-7,10-11,18-20H,8-9,12-17H2,1-4H3,(H2,27,28,30,31). The molecule has 1 aliphatic heterocycles. The Labute approximate surface area is 207 Å². The van der Waals surface area contributed by atoms with Gasteiger partial charge in [-0.2, -0.15) is 9.97 Å². The number of amides is 1. The van der Waals surface area contributed by atoms with Crippen molar-refractivity contribution in [1.29, 1.82) is 0 Å². The average Bonchev–Trinajstić information content (AvgIpc) is 3.45. The first-order valence-electron chi connectivity index (χ1n) is 12.8. The van der Waals surface area contributed by atoms with Crippen molar-refractivity contribution in [3.8, 4) is 5.69 Å². The first-order chi connectivity index (χ1) is 16.9. The zero-order valence-electron chi connectivity index (χ0n) is 21.4. The average molecular weight is 479 g/mol. The van der Waals surface area contributed by atoms with Crippen LogP contribution in [0.3, 0.4) is 0 Å². The van der Waals surface area contributed by atoms with Crippen molar-refractivity contribution in [3.63, 3.8) is 0 Å². The van der Waals surface area contributed by atoms with Gasteiger partial charge in [-0.1, -0.05) is 18.2 Å². The number of carbonyl (C=O) groups excluding carboxylic acids is 1. The summed E-state index contributed by atoms with van der Waals surface area (Å²) in [5.41, 5.74) is 2.52. The predicted molar refractivity (Wildman–Crippen MR) is 141 cm³/mol. The van der Waals surface area contributed by atoms with Gasteiger partial charge < -0.3 is 15.5 Å². The largest absolute Gasteiger partial charge is 0.367 e. The van der Waals surface area contributed by atoms with Gasteiger partial charge in [0.2, 0.25) is 11.9 Å². The van der Waals surface area contributed by atoms with Crippen LogP contribution in [-0.4, -0.2) is 80.0 Å². The summed E-state index contributed by atoms with van der Waals surface area (Å²) in [6.45, 7) is 12.9. The number of fused-ring (bicyclic) bond motifs is 1. The second-order valence-corrected chi connectivity index (χ2v) is 9.63. The molecule has 0 spiro atoms. The highest BCUT2D eigenvalue weighted by molar-refractivity contribution is 5.85. The number of likely N-dealkylation sites (tertiary alicyclic amines) is 1. The number of carbonyl (C=O) groups is 1. The quantitative estimate of drug-likeness (QED) is 0.383. The number of nitrogens with zero attached hydrogens (tertiary/aromatic N) is 6. The van der Waals surface area contributed by atoms with Gasteiger partial charge in [-0.05, 0) is 52.7 Å². The molecule has 0 atom stereocenters. The SMILES string of the molecule is CC(C)N(CCNc1nc(NCCCN2CCCC2=O)nc2c1ncn2-c1ccccc1)C(C)C. The van der Waals surface area contributed by atoms with Crippen molar-refractivity contribution in [1.82, 2.24) is 29.3 Å². The Morgan fingerprint density at radius 1 is 1.03 bits per heavy atom. The lowest BCUT2D eigenvalue weighted by atomic mass is 10.2. The van der Waals surface area contributed by atoms with Crippen LogP contribution in [0.2, 0.25) is 0 Å². The highest BCUT2D eigenvalue weighted by Gasteiger charge is 2.19. The van der Waals surface area contributed by atoms with Crippen LogP contribution in [0, 0.1) is 0 Å². The molecule has 1 aromatic carbocycles.